The zero-order valence-corrected chi connectivity index (χ0v) is 9.84. The lowest BCUT2D eigenvalue weighted by atomic mass is 9.85. The Morgan fingerprint density at radius 2 is 1.94 bits per heavy atom. The third kappa shape index (κ3) is 1.29. The quantitative estimate of drug-likeness (QED) is 0.636. The normalized spacial score (nSPS) is 43.2. The number of ketones is 1. The Balaban J connectivity index is 1.62. The third-order valence-corrected chi connectivity index (χ3v) is 4.78. The van der Waals surface area contributed by atoms with Gasteiger partial charge in [-0.2, -0.15) is 0 Å². The maximum Gasteiger partial charge on any atom is 0.182 e. The van der Waals surface area contributed by atoms with E-state index in [1.807, 2.05) is 0 Å². The molecule has 2 fully saturated rings. The van der Waals surface area contributed by atoms with Gasteiger partial charge in [0.15, 0.2) is 5.78 Å². The molecule has 0 amide bonds. The lowest BCUT2D eigenvalue weighted by Crippen LogP contribution is -2.38. The molecule has 0 aromatic rings. The summed E-state index contributed by atoms with van der Waals surface area (Å²) < 4.78 is 5.35. The minimum Gasteiger partial charge on any atom is -0.378 e. The highest BCUT2D eigenvalue weighted by Crippen LogP contribution is 2.53. The smallest absolute Gasteiger partial charge is 0.182 e. The van der Waals surface area contributed by atoms with Gasteiger partial charge in [0.2, 0.25) is 0 Å². The van der Waals surface area contributed by atoms with E-state index in [1.165, 1.54) is 6.42 Å². The summed E-state index contributed by atoms with van der Waals surface area (Å²) in [4.78, 5) is 14.7. The first kappa shape index (κ1) is 9.89. The van der Waals surface area contributed by atoms with Crippen LogP contribution >= 0.6 is 0 Å². The fourth-order valence-corrected chi connectivity index (χ4v) is 3.96. The van der Waals surface area contributed by atoms with E-state index in [9.17, 15) is 4.79 Å². The maximum absolute atomic E-state index is 12.5. The molecular formula is C14H17NO2. The summed E-state index contributed by atoms with van der Waals surface area (Å²) in [6.07, 6.45) is 8.04. The van der Waals surface area contributed by atoms with E-state index < -0.39 is 0 Å². The minimum atomic E-state index is 0.267. The Kier molecular flexibility index (Phi) is 2.01. The molecule has 4 aliphatic rings. The summed E-state index contributed by atoms with van der Waals surface area (Å²) in [6.45, 7) is 3.26. The van der Waals surface area contributed by atoms with Crippen LogP contribution in [0.15, 0.2) is 23.9 Å². The standard InChI is InChI=1S/C14H17NO2/c16-14-12(15-3-5-17-6-4-15)8-11-9-1-2-10(7-9)13(11)14/h1-2,8-11,13H,3-7H2/t9-,10+,11?,13?/m0/s1. The van der Waals surface area contributed by atoms with Crippen LogP contribution < -0.4 is 0 Å². The first-order valence-corrected chi connectivity index (χ1v) is 6.61. The fraction of sp³-hybridized carbons (Fsp3) is 0.643. The van der Waals surface area contributed by atoms with Gasteiger partial charge in [0.05, 0.1) is 18.9 Å². The molecule has 3 aliphatic carbocycles. The van der Waals surface area contributed by atoms with Crippen molar-refractivity contribution in [3.8, 4) is 0 Å². The van der Waals surface area contributed by atoms with Crippen LogP contribution in [-0.4, -0.2) is 37.0 Å². The first-order valence-electron chi connectivity index (χ1n) is 6.61. The largest absolute Gasteiger partial charge is 0.378 e. The van der Waals surface area contributed by atoms with E-state index in [-0.39, 0.29) is 5.92 Å². The van der Waals surface area contributed by atoms with Gasteiger partial charge in [-0.15, -0.1) is 0 Å². The van der Waals surface area contributed by atoms with E-state index in [4.69, 9.17) is 4.74 Å². The van der Waals surface area contributed by atoms with E-state index in [0.29, 0.717) is 23.5 Å². The van der Waals surface area contributed by atoms with Crippen LogP contribution in [0.4, 0.5) is 0 Å². The van der Waals surface area contributed by atoms with Gasteiger partial charge in [-0.1, -0.05) is 18.2 Å². The Bertz CT molecular complexity index is 420. The van der Waals surface area contributed by atoms with Crippen LogP contribution in [0.5, 0.6) is 0 Å². The molecule has 0 N–H and O–H groups in total. The van der Waals surface area contributed by atoms with Gasteiger partial charge in [0.1, 0.15) is 0 Å². The van der Waals surface area contributed by atoms with Crippen molar-refractivity contribution in [2.45, 2.75) is 6.42 Å². The molecule has 0 spiro atoms. The van der Waals surface area contributed by atoms with Crippen molar-refractivity contribution in [1.29, 1.82) is 0 Å². The zero-order chi connectivity index (χ0) is 11.4. The van der Waals surface area contributed by atoms with Crippen LogP contribution in [0.2, 0.25) is 0 Å². The SMILES string of the molecule is O=C1C(N2CCOCC2)=CC2C1[C@@H]1C=C[C@H]2C1. The van der Waals surface area contributed by atoms with Crippen LogP contribution in [0.25, 0.3) is 0 Å². The van der Waals surface area contributed by atoms with Crippen molar-refractivity contribution < 1.29 is 9.53 Å². The van der Waals surface area contributed by atoms with Crippen molar-refractivity contribution in [3.63, 3.8) is 0 Å². The Morgan fingerprint density at radius 1 is 1.18 bits per heavy atom. The molecule has 1 aliphatic heterocycles. The second kappa shape index (κ2) is 3.45. The molecular weight excluding hydrogens is 214 g/mol. The topological polar surface area (TPSA) is 29.5 Å². The molecule has 1 heterocycles. The minimum absolute atomic E-state index is 0.267. The van der Waals surface area contributed by atoms with E-state index in [0.717, 1.165) is 32.0 Å². The maximum atomic E-state index is 12.5. The van der Waals surface area contributed by atoms with Crippen LogP contribution in [-0.2, 0) is 9.53 Å². The lowest BCUT2D eigenvalue weighted by Gasteiger charge is -2.29. The van der Waals surface area contributed by atoms with Crippen LogP contribution in [0.1, 0.15) is 6.42 Å². The van der Waals surface area contributed by atoms with Crippen molar-refractivity contribution >= 4 is 5.78 Å². The van der Waals surface area contributed by atoms with Gasteiger partial charge >= 0.3 is 0 Å². The molecule has 1 saturated carbocycles. The summed E-state index contributed by atoms with van der Waals surface area (Å²) >= 11 is 0. The second-order valence-electron chi connectivity index (χ2n) is 5.57. The number of morpholine rings is 1. The number of Topliss-reactive ketones (excluding diaryl/α,β-unsaturated/α-hetero) is 1. The van der Waals surface area contributed by atoms with Crippen LogP contribution in [0.3, 0.4) is 0 Å². The molecule has 1 saturated heterocycles. The first-order chi connectivity index (χ1) is 8.34. The molecule has 0 radical (unpaired) electrons. The molecule has 0 aromatic heterocycles. The highest BCUT2D eigenvalue weighted by atomic mass is 16.5. The highest BCUT2D eigenvalue weighted by molar-refractivity contribution is 6.00. The number of nitrogens with zero attached hydrogens (tertiary/aromatic N) is 1. The van der Waals surface area contributed by atoms with E-state index in [1.54, 1.807) is 0 Å². The molecule has 17 heavy (non-hydrogen) atoms. The number of hydrogen-bond donors (Lipinski definition) is 0. The number of carbonyl (C=O) groups excluding carboxylic acids is 1. The zero-order valence-electron chi connectivity index (χ0n) is 9.84. The average molecular weight is 231 g/mol. The van der Waals surface area contributed by atoms with Crippen molar-refractivity contribution in [2.75, 3.05) is 26.3 Å². The highest BCUT2D eigenvalue weighted by Gasteiger charge is 2.52. The summed E-state index contributed by atoms with van der Waals surface area (Å²) in [5.41, 5.74) is 0.988. The predicted molar refractivity (Wildman–Crippen MR) is 63.2 cm³/mol. The van der Waals surface area contributed by atoms with Gasteiger partial charge in [0, 0.05) is 19.0 Å². The summed E-state index contributed by atoms with van der Waals surface area (Å²) in [5, 5.41) is 0. The molecule has 0 aromatic carbocycles. The van der Waals surface area contributed by atoms with Crippen molar-refractivity contribution in [1.82, 2.24) is 4.90 Å². The molecule has 2 unspecified atom stereocenters. The predicted octanol–water partition coefficient (Wildman–Crippen LogP) is 1.22. The monoisotopic (exact) mass is 231 g/mol. The molecule has 3 heteroatoms. The Hall–Kier alpha value is -1.09. The summed E-state index contributed by atoms with van der Waals surface area (Å²) in [5.74, 6) is 2.31. The number of allylic oxidation sites excluding steroid dienone is 4. The van der Waals surface area contributed by atoms with Gasteiger partial charge in [-0.25, -0.2) is 0 Å². The molecule has 90 valence electrons. The van der Waals surface area contributed by atoms with E-state index in [2.05, 4.69) is 23.1 Å². The van der Waals surface area contributed by atoms with Gasteiger partial charge in [-0.3, -0.25) is 4.79 Å². The van der Waals surface area contributed by atoms with Gasteiger partial charge in [0.25, 0.3) is 0 Å². The Morgan fingerprint density at radius 3 is 2.71 bits per heavy atom. The summed E-state index contributed by atoms with van der Waals surface area (Å²) in [7, 11) is 0. The molecule has 4 atom stereocenters. The van der Waals surface area contributed by atoms with Crippen molar-refractivity contribution in [3.05, 3.63) is 23.9 Å². The van der Waals surface area contributed by atoms with Crippen LogP contribution in [0, 0.1) is 23.7 Å². The molecule has 4 rings (SSSR count). The number of carbonyl (C=O) groups is 1. The second-order valence-corrected chi connectivity index (χ2v) is 5.57. The Labute approximate surface area is 101 Å². The molecule has 3 nitrogen and oxygen atoms in total. The summed E-state index contributed by atoms with van der Waals surface area (Å²) in [6, 6.07) is 0. The average Bonchev–Trinajstić information content (AvgIpc) is 3.03. The number of fused-ring (bicyclic) bond motifs is 5. The molecule has 2 bridgehead atoms. The number of ether oxygens (including phenoxy) is 1. The lowest BCUT2D eigenvalue weighted by molar-refractivity contribution is -0.121. The van der Waals surface area contributed by atoms with Gasteiger partial charge < -0.3 is 9.64 Å². The van der Waals surface area contributed by atoms with Crippen molar-refractivity contribution in [2.24, 2.45) is 23.7 Å². The fourth-order valence-electron chi connectivity index (χ4n) is 3.96. The number of hydrogen-bond acceptors (Lipinski definition) is 3. The number of rotatable bonds is 1. The van der Waals surface area contributed by atoms with Gasteiger partial charge in [-0.05, 0) is 24.2 Å². The third-order valence-electron chi connectivity index (χ3n) is 4.78. The van der Waals surface area contributed by atoms with E-state index >= 15 is 0 Å².